The molecule has 7 heteroatoms. The predicted octanol–water partition coefficient (Wildman–Crippen LogP) is 4.34. The van der Waals surface area contributed by atoms with Crippen molar-refractivity contribution in [2.75, 3.05) is 13.1 Å². The van der Waals surface area contributed by atoms with E-state index in [9.17, 15) is 9.59 Å². The maximum Gasteiger partial charge on any atom is 0.251 e. The van der Waals surface area contributed by atoms with E-state index in [4.69, 9.17) is 11.6 Å². The highest BCUT2D eigenvalue weighted by Crippen LogP contribution is 2.29. The number of nitrogens with one attached hydrogen (secondary N) is 2. The van der Waals surface area contributed by atoms with Crippen molar-refractivity contribution < 1.29 is 9.59 Å². The van der Waals surface area contributed by atoms with E-state index in [0.29, 0.717) is 30.1 Å². The highest BCUT2D eigenvalue weighted by Gasteiger charge is 2.26. The molecule has 2 heterocycles. The Bertz CT molecular complexity index is 1150. The predicted molar refractivity (Wildman–Crippen MR) is 126 cm³/mol. The molecule has 0 saturated carbocycles. The van der Waals surface area contributed by atoms with E-state index < -0.39 is 0 Å². The molecule has 0 spiro atoms. The summed E-state index contributed by atoms with van der Waals surface area (Å²) in [5.41, 5.74) is 5.48. The summed E-state index contributed by atoms with van der Waals surface area (Å²) in [5, 5.41) is 10.9. The Labute approximate surface area is 193 Å². The topological polar surface area (TPSA) is 78.1 Å². The van der Waals surface area contributed by atoms with E-state index in [1.165, 1.54) is 0 Å². The number of H-pyrrole nitrogens is 1. The van der Waals surface area contributed by atoms with Crippen LogP contribution in [0.4, 0.5) is 0 Å². The maximum absolute atomic E-state index is 12.8. The van der Waals surface area contributed by atoms with Gasteiger partial charge in [-0.2, -0.15) is 5.10 Å². The van der Waals surface area contributed by atoms with Crippen molar-refractivity contribution in [3.8, 4) is 11.3 Å². The average molecular weight is 451 g/mol. The smallest absolute Gasteiger partial charge is 0.251 e. The SMILES string of the molecule is CC(C)(C)c1ccc(C(=O)NCC(=O)N2CCc3[nH]nc(-c4cccc(Cl)c4)c3C2)cc1. The van der Waals surface area contributed by atoms with Gasteiger partial charge < -0.3 is 10.2 Å². The van der Waals surface area contributed by atoms with Gasteiger partial charge in [0.2, 0.25) is 5.91 Å². The number of amides is 2. The number of hydrogen-bond donors (Lipinski definition) is 2. The summed E-state index contributed by atoms with van der Waals surface area (Å²) >= 11 is 6.13. The number of aromatic amines is 1. The first-order valence-electron chi connectivity index (χ1n) is 10.7. The van der Waals surface area contributed by atoms with Gasteiger partial charge >= 0.3 is 0 Å². The van der Waals surface area contributed by atoms with Gasteiger partial charge in [0.25, 0.3) is 5.91 Å². The van der Waals surface area contributed by atoms with Crippen molar-refractivity contribution in [2.24, 2.45) is 0 Å². The third-order valence-corrected chi connectivity index (χ3v) is 6.03. The van der Waals surface area contributed by atoms with Crippen molar-refractivity contribution in [2.45, 2.75) is 39.2 Å². The third kappa shape index (κ3) is 4.70. The molecule has 0 radical (unpaired) electrons. The summed E-state index contributed by atoms with van der Waals surface area (Å²) in [6, 6.07) is 15.0. The lowest BCUT2D eigenvalue weighted by molar-refractivity contribution is -0.131. The molecule has 0 saturated heterocycles. The number of aromatic nitrogens is 2. The van der Waals surface area contributed by atoms with Crippen LogP contribution in [-0.2, 0) is 23.2 Å². The molecule has 4 rings (SSSR count). The first-order chi connectivity index (χ1) is 15.2. The number of hydrogen-bond acceptors (Lipinski definition) is 3. The molecule has 3 aromatic rings. The average Bonchev–Trinajstić information content (AvgIpc) is 3.20. The van der Waals surface area contributed by atoms with Crippen LogP contribution in [0.2, 0.25) is 5.02 Å². The lowest BCUT2D eigenvalue weighted by Gasteiger charge is -2.27. The quantitative estimate of drug-likeness (QED) is 0.620. The van der Waals surface area contributed by atoms with Gasteiger partial charge in [0.1, 0.15) is 0 Å². The fourth-order valence-electron chi connectivity index (χ4n) is 3.87. The van der Waals surface area contributed by atoms with Gasteiger partial charge in [-0.3, -0.25) is 14.7 Å². The second-order valence-electron chi connectivity index (χ2n) is 9.11. The van der Waals surface area contributed by atoms with Crippen LogP contribution in [0.1, 0.15) is 48.0 Å². The van der Waals surface area contributed by atoms with Crippen LogP contribution in [0.25, 0.3) is 11.3 Å². The molecule has 0 aliphatic carbocycles. The van der Waals surface area contributed by atoms with E-state index in [1.807, 2.05) is 36.4 Å². The van der Waals surface area contributed by atoms with Crippen LogP contribution in [0.3, 0.4) is 0 Å². The van der Waals surface area contributed by atoms with Gasteiger partial charge in [0.05, 0.1) is 12.2 Å². The minimum atomic E-state index is -0.251. The summed E-state index contributed by atoms with van der Waals surface area (Å²) in [6.07, 6.45) is 0.691. The highest BCUT2D eigenvalue weighted by molar-refractivity contribution is 6.30. The van der Waals surface area contributed by atoms with Crippen LogP contribution in [0.15, 0.2) is 48.5 Å². The number of benzene rings is 2. The third-order valence-electron chi connectivity index (χ3n) is 5.80. The molecule has 6 nitrogen and oxygen atoms in total. The number of halogens is 1. The van der Waals surface area contributed by atoms with Crippen molar-refractivity contribution in [3.05, 3.63) is 75.9 Å². The molecule has 0 bridgehead atoms. The molecule has 32 heavy (non-hydrogen) atoms. The van der Waals surface area contributed by atoms with E-state index in [0.717, 1.165) is 28.1 Å². The molecule has 2 aromatic carbocycles. The molecular formula is C25H27ClN4O2. The zero-order valence-corrected chi connectivity index (χ0v) is 19.3. The molecule has 0 unspecified atom stereocenters. The largest absolute Gasteiger partial charge is 0.343 e. The van der Waals surface area contributed by atoms with E-state index in [2.05, 4.69) is 36.3 Å². The standard InChI is InChI=1S/C25H27ClN4O2/c1-25(2,3)18-9-7-16(8-10-18)24(32)27-14-22(31)30-12-11-21-20(15-30)23(29-28-21)17-5-4-6-19(26)13-17/h4-10,13H,11-12,14-15H2,1-3H3,(H,27,32)(H,28,29). The monoisotopic (exact) mass is 450 g/mol. The number of fused-ring (bicyclic) bond motifs is 1. The second kappa shape index (κ2) is 8.79. The van der Waals surface area contributed by atoms with Gasteiger partial charge in [0, 0.05) is 46.9 Å². The van der Waals surface area contributed by atoms with Gasteiger partial charge in [0.15, 0.2) is 0 Å². The molecule has 166 valence electrons. The number of rotatable bonds is 4. The summed E-state index contributed by atoms with van der Waals surface area (Å²) in [5.74, 6) is -0.368. The van der Waals surface area contributed by atoms with Crippen LogP contribution >= 0.6 is 11.6 Å². The van der Waals surface area contributed by atoms with Gasteiger partial charge in [-0.15, -0.1) is 0 Å². The van der Waals surface area contributed by atoms with Crippen LogP contribution in [0.5, 0.6) is 0 Å². The first-order valence-corrected chi connectivity index (χ1v) is 11.1. The Morgan fingerprint density at radius 1 is 1.16 bits per heavy atom. The minimum absolute atomic E-state index is 0.0229. The summed E-state index contributed by atoms with van der Waals surface area (Å²) in [6.45, 7) is 7.37. The van der Waals surface area contributed by atoms with E-state index >= 15 is 0 Å². The molecule has 2 amide bonds. The first kappa shape index (κ1) is 22.1. The summed E-state index contributed by atoms with van der Waals surface area (Å²) < 4.78 is 0. The molecule has 0 atom stereocenters. The van der Waals surface area contributed by atoms with Gasteiger partial charge in [-0.25, -0.2) is 0 Å². The van der Waals surface area contributed by atoms with Crippen LogP contribution in [-0.4, -0.2) is 40.0 Å². The fraction of sp³-hybridized carbons (Fsp3) is 0.320. The zero-order valence-electron chi connectivity index (χ0n) is 18.5. The lowest BCUT2D eigenvalue weighted by Crippen LogP contribution is -2.42. The Morgan fingerprint density at radius 3 is 2.59 bits per heavy atom. The van der Waals surface area contributed by atoms with Crippen molar-refractivity contribution in [1.29, 1.82) is 0 Å². The zero-order chi connectivity index (χ0) is 22.9. The Hall–Kier alpha value is -3.12. The maximum atomic E-state index is 12.8. The number of carbonyl (C=O) groups excluding carboxylic acids is 2. The normalized spacial score (nSPS) is 13.6. The lowest BCUT2D eigenvalue weighted by atomic mass is 9.87. The second-order valence-corrected chi connectivity index (χ2v) is 9.55. The van der Waals surface area contributed by atoms with E-state index in [-0.39, 0.29) is 23.8 Å². The van der Waals surface area contributed by atoms with Crippen molar-refractivity contribution in [3.63, 3.8) is 0 Å². The van der Waals surface area contributed by atoms with Crippen LogP contribution in [0, 0.1) is 0 Å². The van der Waals surface area contributed by atoms with Crippen LogP contribution < -0.4 is 5.32 Å². The molecular weight excluding hydrogens is 424 g/mol. The van der Waals surface area contributed by atoms with Gasteiger partial charge in [-0.1, -0.05) is 56.6 Å². The minimum Gasteiger partial charge on any atom is -0.343 e. The fourth-order valence-corrected chi connectivity index (χ4v) is 4.06. The highest BCUT2D eigenvalue weighted by atomic mass is 35.5. The Balaban J connectivity index is 1.39. The Morgan fingerprint density at radius 2 is 1.91 bits per heavy atom. The Kier molecular flexibility index (Phi) is 6.07. The van der Waals surface area contributed by atoms with Gasteiger partial charge in [-0.05, 0) is 35.2 Å². The number of nitrogens with zero attached hydrogens (tertiary/aromatic N) is 2. The molecule has 1 aromatic heterocycles. The molecule has 0 fully saturated rings. The molecule has 2 N–H and O–H groups in total. The molecule has 1 aliphatic rings. The van der Waals surface area contributed by atoms with Crippen molar-refractivity contribution >= 4 is 23.4 Å². The number of carbonyl (C=O) groups is 2. The summed E-state index contributed by atoms with van der Waals surface area (Å²) in [7, 11) is 0. The van der Waals surface area contributed by atoms with E-state index in [1.54, 1.807) is 17.0 Å². The molecule has 1 aliphatic heterocycles. The van der Waals surface area contributed by atoms with Crippen molar-refractivity contribution in [1.82, 2.24) is 20.4 Å². The summed E-state index contributed by atoms with van der Waals surface area (Å²) in [4.78, 5) is 27.1.